The molecule has 1 aliphatic rings. The van der Waals surface area contributed by atoms with Gasteiger partial charge in [-0.15, -0.1) is 5.10 Å². The van der Waals surface area contributed by atoms with Crippen molar-refractivity contribution in [3.05, 3.63) is 76.8 Å². The predicted octanol–water partition coefficient (Wildman–Crippen LogP) is 3.23. The van der Waals surface area contributed by atoms with Gasteiger partial charge in [0.1, 0.15) is 5.82 Å². The Bertz CT molecular complexity index is 963. The molecule has 4 rings (SSSR count). The summed E-state index contributed by atoms with van der Waals surface area (Å²) in [4.78, 5) is 21.5. The zero-order valence-electron chi connectivity index (χ0n) is 16.5. The highest BCUT2D eigenvalue weighted by atomic mass is 35.5. The van der Waals surface area contributed by atoms with E-state index >= 15 is 0 Å². The number of piperazine rings is 1. The van der Waals surface area contributed by atoms with Crippen molar-refractivity contribution in [2.24, 2.45) is 0 Å². The van der Waals surface area contributed by atoms with Crippen LogP contribution in [-0.4, -0.2) is 63.2 Å². The lowest BCUT2D eigenvalue weighted by molar-refractivity contribution is 0.0626. The third kappa shape index (κ3) is 4.66. The van der Waals surface area contributed by atoms with Crippen LogP contribution in [0.2, 0.25) is 5.02 Å². The molecular formula is C22H24ClN5O. The van der Waals surface area contributed by atoms with Crippen LogP contribution in [0.1, 0.15) is 22.0 Å². The number of carbonyl (C=O) groups is 1. The summed E-state index contributed by atoms with van der Waals surface area (Å²) in [6.07, 6.45) is 1.03. The van der Waals surface area contributed by atoms with Crippen LogP contribution < -0.4 is 0 Å². The van der Waals surface area contributed by atoms with Gasteiger partial charge in [-0.2, -0.15) is 0 Å². The zero-order valence-corrected chi connectivity index (χ0v) is 17.2. The maximum Gasteiger partial charge on any atom is 0.293 e. The molecule has 2 heterocycles. The molecule has 0 radical (unpaired) electrons. The fraction of sp³-hybridized carbons (Fsp3) is 0.318. The lowest BCUT2D eigenvalue weighted by Gasteiger charge is -2.34. The summed E-state index contributed by atoms with van der Waals surface area (Å²) in [5, 5.41) is 5.10. The highest BCUT2D eigenvalue weighted by Crippen LogP contribution is 2.15. The van der Waals surface area contributed by atoms with Gasteiger partial charge in [-0.3, -0.25) is 9.69 Å². The number of carbonyl (C=O) groups excluding carboxylic acids is 1. The van der Waals surface area contributed by atoms with Gasteiger partial charge in [0.2, 0.25) is 5.82 Å². The van der Waals surface area contributed by atoms with Gasteiger partial charge < -0.3 is 4.90 Å². The summed E-state index contributed by atoms with van der Waals surface area (Å²) >= 11 is 5.96. The number of hydrogen-bond acceptors (Lipinski definition) is 4. The maximum absolute atomic E-state index is 12.9. The summed E-state index contributed by atoms with van der Waals surface area (Å²) in [6.45, 7) is 5.99. The van der Waals surface area contributed by atoms with Crippen LogP contribution >= 0.6 is 11.6 Å². The number of hydrogen-bond donors (Lipinski definition) is 0. The Morgan fingerprint density at radius 3 is 2.38 bits per heavy atom. The second kappa shape index (κ2) is 8.76. The normalized spacial score (nSPS) is 14.9. The van der Waals surface area contributed by atoms with Crippen molar-refractivity contribution >= 4 is 17.5 Å². The molecule has 1 aliphatic heterocycles. The second-order valence-electron chi connectivity index (χ2n) is 7.24. The molecule has 0 aliphatic carbocycles. The minimum atomic E-state index is -0.108. The number of benzene rings is 2. The molecule has 1 fully saturated rings. The number of halogens is 1. The smallest absolute Gasteiger partial charge is 0.293 e. The Labute approximate surface area is 175 Å². The van der Waals surface area contributed by atoms with Gasteiger partial charge in [0.05, 0.1) is 5.69 Å². The Balaban J connectivity index is 1.35. The van der Waals surface area contributed by atoms with Crippen LogP contribution in [0.15, 0.2) is 54.6 Å². The van der Waals surface area contributed by atoms with Gasteiger partial charge in [-0.1, -0.05) is 41.9 Å². The van der Waals surface area contributed by atoms with Crippen molar-refractivity contribution in [3.8, 4) is 5.69 Å². The molecule has 0 N–H and O–H groups in total. The third-order valence-electron chi connectivity index (χ3n) is 5.25. The molecule has 6 nitrogen and oxygen atoms in total. The first-order valence-corrected chi connectivity index (χ1v) is 10.2. The molecule has 0 spiro atoms. The third-order valence-corrected chi connectivity index (χ3v) is 5.50. The van der Waals surface area contributed by atoms with Crippen molar-refractivity contribution in [1.29, 1.82) is 0 Å². The van der Waals surface area contributed by atoms with E-state index < -0.39 is 0 Å². The summed E-state index contributed by atoms with van der Waals surface area (Å²) in [5.41, 5.74) is 2.18. The van der Waals surface area contributed by atoms with E-state index in [0.717, 1.165) is 31.7 Å². The fourth-order valence-corrected chi connectivity index (χ4v) is 3.68. The van der Waals surface area contributed by atoms with Crippen LogP contribution in [0.5, 0.6) is 0 Å². The number of amides is 1. The zero-order chi connectivity index (χ0) is 20.2. The lowest BCUT2D eigenvalue weighted by Crippen LogP contribution is -2.49. The van der Waals surface area contributed by atoms with Crippen molar-refractivity contribution in [2.45, 2.75) is 13.3 Å². The molecule has 1 amide bonds. The van der Waals surface area contributed by atoms with Gasteiger partial charge in [0.15, 0.2) is 0 Å². The van der Waals surface area contributed by atoms with Crippen molar-refractivity contribution in [1.82, 2.24) is 24.6 Å². The van der Waals surface area contributed by atoms with Crippen LogP contribution in [0.25, 0.3) is 5.69 Å². The van der Waals surface area contributed by atoms with Crippen LogP contribution in [0.3, 0.4) is 0 Å². The number of aromatic nitrogens is 3. The van der Waals surface area contributed by atoms with E-state index in [4.69, 9.17) is 11.6 Å². The first kappa shape index (κ1) is 19.6. The number of rotatable bonds is 5. The first-order chi connectivity index (χ1) is 14.1. The van der Waals surface area contributed by atoms with Crippen molar-refractivity contribution < 1.29 is 4.79 Å². The van der Waals surface area contributed by atoms with E-state index in [1.807, 2.05) is 30.0 Å². The van der Waals surface area contributed by atoms with Crippen LogP contribution in [0.4, 0.5) is 0 Å². The van der Waals surface area contributed by atoms with Crippen LogP contribution in [-0.2, 0) is 6.42 Å². The predicted molar refractivity (Wildman–Crippen MR) is 114 cm³/mol. The van der Waals surface area contributed by atoms with Gasteiger partial charge >= 0.3 is 0 Å². The minimum absolute atomic E-state index is 0.108. The van der Waals surface area contributed by atoms with Gasteiger partial charge in [-0.25, -0.2) is 9.67 Å². The lowest BCUT2D eigenvalue weighted by atomic mass is 10.1. The van der Waals surface area contributed by atoms with Gasteiger partial charge in [-0.05, 0) is 43.2 Å². The van der Waals surface area contributed by atoms with E-state index in [-0.39, 0.29) is 11.7 Å². The molecule has 0 atom stereocenters. The van der Waals surface area contributed by atoms with Gasteiger partial charge in [0.25, 0.3) is 5.91 Å². The fourth-order valence-electron chi connectivity index (χ4n) is 3.56. The largest absolute Gasteiger partial charge is 0.333 e. The summed E-state index contributed by atoms with van der Waals surface area (Å²) < 4.78 is 1.68. The summed E-state index contributed by atoms with van der Waals surface area (Å²) in [7, 11) is 0. The van der Waals surface area contributed by atoms with E-state index in [2.05, 4.69) is 39.2 Å². The SMILES string of the molecule is Cc1nc(C(=O)N2CCN(CCc3ccccc3)CC2)nn1-c1ccc(Cl)cc1. The summed E-state index contributed by atoms with van der Waals surface area (Å²) in [5.74, 6) is 0.816. The van der Waals surface area contributed by atoms with E-state index in [1.165, 1.54) is 5.56 Å². The first-order valence-electron chi connectivity index (χ1n) is 9.85. The molecule has 0 saturated carbocycles. The Morgan fingerprint density at radius 2 is 1.69 bits per heavy atom. The summed E-state index contributed by atoms with van der Waals surface area (Å²) in [6, 6.07) is 17.8. The standard InChI is InChI=1S/C22H24ClN5O/c1-17-24-21(25-28(17)20-9-7-19(23)8-10-20)22(29)27-15-13-26(14-16-27)12-11-18-5-3-2-4-6-18/h2-10H,11-16H2,1H3. The molecule has 0 bridgehead atoms. The Kier molecular flexibility index (Phi) is 5.92. The molecule has 0 unspecified atom stereocenters. The number of nitrogens with zero attached hydrogens (tertiary/aromatic N) is 5. The van der Waals surface area contributed by atoms with Crippen molar-refractivity contribution in [2.75, 3.05) is 32.7 Å². The maximum atomic E-state index is 12.9. The van der Waals surface area contributed by atoms with E-state index in [9.17, 15) is 4.79 Å². The molecule has 150 valence electrons. The van der Waals surface area contributed by atoms with E-state index in [0.29, 0.717) is 23.9 Å². The molecular weight excluding hydrogens is 386 g/mol. The number of aryl methyl sites for hydroxylation is 1. The highest BCUT2D eigenvalue weighted by molar-refractivity contribution is 6.30. The minimum Gasteiger partial charge on any atom is -0.333 e. The molecule has 3 aromatic rings. The molecule has 7 heteroatoms. The monoisotopic (exact) mass is 409 g/mol. The highest BCUT2D eigenvalue weighted by Gasteiger charge is 2.25. The molecule has 29 heavy (non-hydrogen) atoms. The second-order valence-corrected chi connectivity index (χ2v) is 7.68. The van der Waals surface area contributed by atoms with Crippen LogP contribution in [0, 0.1) is 6.92 Å². The molecule has 1 saturated heterocycles. The average molecular weight is 410 g/mol. The van der Waals surface area contributed by atoms with Crippen molar-refractivity contribution in [3.63, 3.8) is 0 Å². The molecule has 2 aromatic carbocycles. The Hall–Kier alpha value is -2.70. The quantitative estimate of drug-likeness (QED) is 0.649. The molecule has 1 aromatic heterocycles. The topological polar surface area (TPSA) is 54.3 Å². The van der Waals surface area contributed by atoms with E-state index in [1.54, 1.807) is 16.8 Å². The average Bonchev–Trinajstić information content (AvgIpc) is 3.15. The van der Waals surface area contributed by atoms with Gasteiger partial charge in [0, 0.05) is 37.7 Å². The Morgan fingerprint density at radius 1 is 1.00 bits per heavy atom.